The van der Waals surface area contributed by atoms with Crippen LogP contribution in [0.3, 0.4) is 0 Å². The number of benzene rings is 9. The first kappa shape index (κ1) is 29.5. The van der Waals surface area contributed by atoms with Crippen molar-refractivity contribution in [2.75, 3.05) is 0 Å². The van der Waals surface area contributed by atoms with Crippen LogP contribution in [0.4, 0.5) is 0 Å². The lowest BCUT2D eigenvalue weighted by Crippen LogP contribution is -2.01. The molecular weight excluding hydrogens is 647 g/mol. The Hall–Kier alpha value is -7.17. The molecule has 2 aromatic heterocycles. The second-order valence-corrected chi connectivity index (χ2v) is 13.6. The number of rotatable bonds is 4. The van der Waals surface area contributed by atoms with Crippen LogP contribution >= 0.6 is 0 Å². The Kier molecular flexibility index (Phi) is 6.52. The molecule has 0 radical (unpaired) electrons. The summed E-state index contributed by atoms with van der Waals surface area (Å²) >= 11 is 0. The van der Waals surface area contributed by atoms with E-state index in [2.05, 4.69) is 164 Å². The Morgan fingerprint density at radius 1 is 0.302 bits per heavy atom. The standard InChI is InChI=1S/C49H29N3O/c1-3-13-32-25-34(23-21-30(32)11-1)37-28-43(46-41-19-9-10-20-44(41)53-45(46)29-37)49-51-47(36-24-22-31-12-2-4-14-33(31)26-36)50-48(52-49)42-27-35-15-5-6-16-38(35)39-17-7-8-18-40(39)42/h1-29H. The van der Waals surface area contributed by atoms with Gasteiger partial charge >= 0.3 is 0 Å². The minimum absolute atomic E-state index is 0.592. The number of nitrogens with zero attached hydrogens (tertiary/aromatic N) is 3. The number of hydrogen-bond donors (Lipinski definition) is 0. The van der Waals surface area contributed by atoms with Gasteiger partial charge in [-0.3, -0.25) is 0 Å². The summed E-state index contributed by atoms with van der Waals surface area (Å²) in [6, 6.07) is 61.7. The highest BCUT2D eigenvalue weighted by atomic mass is 16.3. The molecule has 0 aliphatic heterocycles. The maximum atomic E-state index is 6.58. The Balaban J connectivity index is 1.23. The molecule has 9 aromatic carbocycles. The monoisotopic (exact) mass is 675 g/mol. The smallest absolute Gasteiger partial charge is 0.164 e. The molecule has 0 bridgehead atoms. The highest BCUT2D eigenvalue weighted by molar-refractivity contribution is 6.15. The summed E-state index contributed by atoms with van der Waals surface area (Å²) < 4.78 is 6.58. The van der Waals surface area contributed by atoms with E-state index < -0.39 is 0 Å². The van der Waals surface area contributed by atoms with Crippen LogP contribution in [0.25, 0.3) is 110 Å². The molecule has 0 unspecified atom stereocenters. The zero-order valence-electron chi connectivity index (χ0n) is 28.5. The fourth-order valence-electron chi connectivity index (χ4n) is 7.88. The molecule has 0 amide bonds. The zero-order chi connectivity index (χ0) is 34.9. The molecule has 0 spiro atoms. The van der Waals surface area contributed by atoms with Gasteiger partial charge in [0.15, 0.2) is 17.5 Å². The highest BCUT2D eigenvalue weighted by Crippen LogP contribution is 2.41. The van der Waals surface area contributed by atoms with Gasteiger partial charge < -0.3 is 4.42 Å². The van der Waals surface area contributed by atoms with E-state index in [1.807, 2.05) is 12.1 Å². The number of aromatic nitrogens is 3. The van der Waals surface area contributed by atoms with Crippen LogP contribution in [0.1, 0.15) is 0 Å². The Morgan fingerprint density at radius 2 is 0.849 bits per heavy atom. The van der Waals surface area contributed by atoms with Crippen molar-refractivity contribution in [2.24, 2.45) is 0 Å². The minimum atomic E-state index is 0.592. The third-order valence-electron chi connectivity index (χ3n) is 10.5. The molecule has 0 aliphatic rings. The van der Waals surface area contributed by atoms with Crippen LogP contribution in [-0.4, -0.2) is 15.0 Å². The maximum Gasteiger partial charge on any atom is 0.164 e. The Morgan fingerprint density at radius 3 is 1.60 bits per heavy atom. The SMILES string of the molecule is c1ccc2cc(-c3cc(-c4nc(-c5ccc6ccccc6c5)nc(-c5cc6ccccc6c6ccccc56)n4)c4c(c3)oc3ccccc34)ccc2c1. The summed E-state index contributed by atoms with van der Waals surface area (Å²) in [5.74, 6) is 1.83. The van der Waals surface area contributed by atoms with Crippen molar-refractivity contribution in [3.63, 3.8) is 0 Å². The molecule has 2 heterocycles. The van der Waals surface area contributed by atoms with Crippen LogP contribution in [0, 0.1) is 0 Å². The molecular formula is C49H29N3O. The lowest BCUT2D eigenvalue weighted by Gasteiger charge is -2.14. The highest BCUT2D eigenvalue weighted by Gasteiger charge is 2.21. The first-order valence-corrected chi connectivity index (χ1v) is 17.8. The maximum absolute atomic E-state index is 6.58. The van der Waals surface area contributed by atoms with E-state index in [1.54, 1.807) is 0 Å². The predicted octanol–water partition coefficient (Wildman–Crippen LogP) is 13.1. The van der Waals surface area contributed by atoms with E-state index in [0.29, 0.717) is 17.5 Å². The summed E-state index contributed by atoms with van der Waals surface area (Å²) in [5, 5.41) is 11.3. The van der Waals surface area contributed by atoms with Crippen LogP contribution in [0.2, 0.25) is 0 Å². The first-order valence-electron chi connectivity index (χ1n) is 17.8. The van der Waals surface area contributed by atoms with Gasteiger partial charge in [0.25, 0.3) is 0 Å². The summed E-state index contributed by atoms with van der Waals surface area (Å²) in [5.41, 5.74) is 6.52. The third kappa shape index (κ3) is 4.88. The quantitative estimate of drug-likeness (QED) is 0.174. The van der Waals surface area contributed by atoms with E-state index in [0.717, 1.165) is 71.3 Å². The van der Waals surface area contributed by atoms with Crippen molar-refractivity contribution in [1.82, 2.24) is 15.0 Å². The van der Waals surface area contributed by atoms with Gasteiger partial charge in [-0.1, -0.05) is 140 Å². The van der Waals surface area contributed by atoms with Crippen LogP contribution < -0.4 is 0 Å². The van der Waals surface area contributed by atoms with Gasteiger partial charge in [0.05, 0.1) is 0 Å². The van der Waals surface area contributed by atoms with Crippen molar-refractivity contribution in [3.8, 4) is 45.3 Å². The Labute approximate surface area is 304 Å². The molecule has 11 aromatic rings. The van der Waals surface area contributed by atoms with Gasteiger partial charge in [-0.15, -0.1) is 0 Å². The summed E-state index contributed by atoms with van der Waals surface area (Å²) in [4.78, 5) is 15.9. The van der Waals surface area contributed by atoms with Gasteiger partial charge in [0.2, 0.25) is 0 Å². The molecule has 11 rings (SSSR count). The molecule has 0 fully saturated rings. The molecule has 0 N–H and O–H groups in total. The molecule has 246 valence electrons. The van der Waals surface area contributed by atoms with Crippen molar-refractivity contribution in [1.29, 1.82) is 0 Å². The molecule has 53 heavy (non-hydrogen) atoms. The number of para-hydroxylation sites is 1. The minimum Gasteiger partial charge on any atom is -0.456 e. The topological polar surface area (TPSA) is 51.8 Å². The fraction of sp³-hybridized carbons (Fsp3) is 0. The summed E-state index contributed by atoms with van der Waals surface area (Å²) in [6.07, 6.45) is 0. The van der Waals surface area contributed by atoms with E-state index in [9.17, 15) is 0 Å². The van der Waals surface area contributed by atoms with Gasteiger partial charge in [0.1, 0.15) is 11.2 Å². The lowest BCUT2D eigenvalue weighted by atomic mass is 9.96. The van der Waals surface area contributed by atoms with Crippen molar-refractivity contribution in [2.45, 2.75) is 0 Å². The van der Waals surface area contributed by atoms with Crippen molar-refractivity contribution >= 4 is 65.0 Å². The predicted molar refractivity (Wildman–Crippen MR) is 219 cm³/mol. The number of furan rings is 1. The molecule has 4 heteroatoms. The average molecular weight is 676 g/mol. The first-order chi connectivity index (χ1) is 26.2. The van der Waals surface area contributed by atoms with Crippen molar-refractivity contribution < 1.29 is 4.42 Å². The van der Waals surface area contributed by atoms with E-state index in [-0.39, 0.29) is 0 Å². The lowest BCUT2D eigenvalue weighted by molar-refractivity contribution is 0.669. The molecule has 0 atom stereocenters. The number of hydrogen-bond acceptors (Lipinski definition) is 4. The van der Waals surface area contributed by atoms with Crippen LogP contribution in [-0.2, 0) is 0 Å². The zero-order valence-corrected chi connectivity index (χ0v) is 28.5. The second-order valence-electron chi connectivity index (χ2n) is 13.6. The average Bonchev–Trinajstić information content (AvgIpc) is 3.61. The normalized spacial score (nSPS) is 11.8. The van der Waals surface area contributed by atoms with Gasteiger partial charge in [-0.25, -0.2) is 15.0 Å². The van der Waals surface area contributed by atoms with Crippen LogP contribution in [0.5, 0.6) is 0 Å². The van der Waals surface area contributed by atoms with Gasteiger partial charge in [-0.05, 0) is 90.6 Å². The second kappa shape index (κ2) is 11.7. The molecule has 0 saturated carbocycles. The van der Waals surface area contributed by atoms with Crippen molar-refractivity contribution in [3.05, 3.63) is 176 Å². The van der Waals surface area contributed by atoms with Crippen LogP contribution in [0.15, 0.2) is 180 Å². The Bertz CT molecular complexity index is 3250. The molecule has 0 saturated heterocycles. The summed E-state index contributed by atoms with van der Waals surface area (Å²) in [6.45, 7) is 0. The van der Waals surface area contributed by atoms with E-state index >= 15 is 0 Å². The summed E-state index contributed by atoms with van der Waals surface area (Å²) in [7, 11) is 0. The number of fused-ring (bicyclic) bond motifs is 8. The third-order valence-corrected chi connectivity index (χ3v) is 10.5. The molecule has 0 aliphatic carbocycles. The largest absolute Gasteiger partial charge is 0.456 e. The van der Waals surface area contributed by atoms with E-state index in [4.69, 9.17) is 19.4 Å². The fourth-order valence-corrected chi connectivity index (χ4v) is 7.88. The van der Waals surface area contributed by atoms with Gasteiger partial charge in [-0.2, -0.15) is 0 Å². The van der Waals surface area contributed by atoms with Gasteiger partial charge in [0, 0.05) is 27.5 Å². The molecule has 4 nitrogen and oxygen atoms in total. The van der Waals surface area contributed by atoms with E-state index in [1.165, 1.54) is 21.5 Å².